The molecule has 0 aliphatic rings. The minimum Gasteiger partial charge on any atom is -0.372 e. The lowest BCUT2D eigenvalue weighted by molar-refractivity contribution is -0.384. The van der Waals surface area contributed by atoms with E-state index >= 15 is 0 Å². The van der Waals surface area contributed by atoms with Gasteiger partial charge in [-0.2, -0.15) is 13.2 Å². The van der Waals surface area contributed by atoms with E-state index in [2.05, 4.69) is 0 Å². The van der Waals surface area contributed by atoms with Crippen molar-refractivity contribution in [3.63, 3.8) is 0 Å². The summed E-state index contributed by atoms with van der Waals surface area (Å²) in [7, 11) is 0. The Morgan fingerprint density at radius 3 is 1.73 bits per heavy atom. The first kappa shape index (κ1) is 16.3. The van der Waals surface area contributed by atoms with Crippen LogP contribution in [0.25, 0.3) is 0 Å². The summed E-state index contributed by atoms with van der Waals surface area (Å²) in [4.78, 5) is 9.84. The van der Waals surface area contributed by atoms with E-state index in [1.807, 2.05) is 0 Å². The highest BCUT2D eigenvalue weighted by atomic mass is 35.5. The van der Waals surface area contributed by atoms with Gasteiger partial charge in [-0.15, -0.1) is 0 Å². The monoisotopic (exact) mass is 331 g/mol. The zero-order chi connectivity index (χ0) is 16.5. The predicted octanol–water partition coefficient (Wildman–Crippen LogP) is 4.05. The highest BCUT2D eigenvalue weighted by Gasteiger charge is 2.56. The van der Waals surface area contributed by atoms with Crippen molar-refractivity contribution in [2.75, 3.05) is 0 Å². The van der Waals surface area contributed by atoms with Crippen molar-refractivity contribution in [3.8, 4) is 0 Å². The van der Waals surface area contributed by atoms with Crippen LogP contribution in [0.4, 0.5) is 18.9 Å². The summed E-state index contributed by atoms with van der Waals surface area (Å²) in [5, 5.41) is 21.1. The fourth-order valence-corrected chi connectivity index (χ4v) is 2.14. The van der Waals surface area contributed by atoms with Crippen LogP contribution in [0.2, 0.25) is 5.02 Å². The molecule has 0 aromatic heterocycles. The molecule has 2 aromatic carbocycles. The van der Waals surface area contributed by atoms with Crippen LogP contribution in [0, 0.1) is 10.1 Å². The minimum atomic E-state index is -5.02. The Bertz CT molecular complexity index is 686. The molecule has 116 valence electrons. The maximum absolute atomic E-state index is 13.4. The first-order valence-corrected chi connectivity index (χ1v) is 6.34. The standard InChI is InChI=1S/C14H9ClF3NO3/c15-11-5-1-9(2-6-11)13(20,14(16,17)18)10-3-7-12(8-4-10)19(21)22/h1-8,20H. The molecule has 4 nitrogen and oxygen atoms in total. The molecule has 1 atom stereocenters. The Hall–Kier alpha value is -2.12. The van der Waals surface area contributed by atoms with Gasteiger partial charge in [0.25, 0.3) is 5.69 Å². The summed E-state index contributed by atoms with van der Waals surface area (Å²) >= 11 is 5.64. The van der Waals surface area contributed by atoms with E-state index in [-0.39, 0.29) is 10.7 Å². The lowest BCUT2D eigenvalue weighted by Gasteiger charge is -2.31. The minimum absolute atomic E-state index is 0.219. The van der Waals surface area contributed by atoms with E-state index in [4.69, 9.17) is 11.6 Å². The highest BCUT2D eigenvalue weighted by molar-refractivity contribution is 6.30. The van der Waals surface area contributed by atoms with Gasteiger partial charge in [-0.05, 0) is 35.4 Å². The summed E-state index contributed by atoms with van der Waals surface area (Å²) in [5.41, 5.74) is -4.61. The molecule has 0 amide bonds. The number of halogens is 4. The van der Waals surface area contributed by atoms with E-state index in [0.717, 1.165) is 36.4 Å². The van der Waals surface area contributed by atoms with E-state index in [9.17, 15) is 28.4 Å². The number of aliphatic hydroxyl groups is 1. The Morgan fingerprint density at radius 1 is 0.955 bits per heavy atom. The number of nitrogens with zero attached hydrogens (tertiary/aromatic N) is 1. The van der Waals surface area contributed by atoms with Crippen LogP contribution in [-0.2, 0) is 5.60 Å². The van der Waals surface area contributed by atoms with Crippen molar-refractivity contribution in [3.05, 3.63) is 74.8 Å². The normalized spacial score (nSPS) is 14.4. The topological polar surface area (TPSA) is 63.4 Å². The summed E-state index contributed by atoms with van der Waals surface area (Å²) in [6, 6.07) is 8.11. The van der Waals surface area contributed by atoms with Gasteiger partial charge in [0, 0.05) is 17.2 Å². The Kier molecular flexibility index (Phi) is 4.12. The largest absolute Gasteiger partial charge is 0.425 e. The van der Waals surface area contributed by atoms with Gasteiger partial charge in [-0.25, -0.2) is 0 Å². The molecule has 2 aromatic rings. The molecule has 0 fully saturated rings. The average Bonchev–Trinajstić information content (AvgIpc) is 2.46. The molecule has 0 heterocycles. The number of nitro benzene ring substituents is 1. The van der Waals surface area contributed by atoms with Crippen molar-refractivity contribution in [1.82, 2.24) is 0 Å². The number of rotatable bonds is 3. The molecule has 0 aliphatic heterocycles. The Morgan fingerprint density at radius 2 is 1.36 bits per heavy atom. The first-order chi connectivity index (χ1) is 10.2. The molecule has 0 bridgehead atoms. The number of hydrogen-bond donors (Lipinski definition) is 1. The second-order valence-corrected chi connectivity index (χ2v) is 4.96. The summed E-state index contributed by atoms with van der Waals surface area (Å²) in [6.45, 7) is 0. The van der Waals surface area contributed by atoms with Crippen LogP contribution < -0.4 is 0 Å². The van der Waals surface area contributed by atoms with Crippen LogP contribution in [0.15, 0.2) is 48.5 Å². The third-order valence-corrected chi connectivity index (χ3v) is 3.42. The average molecular weight is 332 g/mol. The van der Waals surface area contributed by atoms with Crippen molar-refractivity contribution in [2.45, 2.75) is 11.8 Å². The maximum atomic E-state index is 13.4. The van der Waals surface area contributed by atoms with Crippen LogP contribution in [0.1, 0.15) is 11.1 Å². The molecule has 0 spiro atoms. The van der Waals surface area contributed by atoms with E-state index < -0.39 is 27.8 Å². The summed E-state index contributed by atoms with van der Waals surface area (Å²) in [5.74, 6) is 0. The van der Waals surface area contributed by atoms with Gasteiger partial charge in [0.15, 0.2) is 0 Å². The third-order valence-electron chi connectivity index (χ3n) is 3.17. The molecule has 2 rings (SSSR count). The highest BCUT2D eigenvalue weighted by Crippen LogP contribution is 2.44. The van der Waals surface area contributed by atoms with E-state index in [1.165, 1.54) is 12.1 Å². The van der Waals surface area contributed by atoms with Crippen LogP contribution in [0.3, 0.4) is 0 Å². The third kappa shape index (κ3) is 2.77. The predicted molar refractivity (Wildman–Crippen MR) is 73.6 cm³/mol. The zero-order valence-electron chi connectivity index (χ0n) is 10.8. The Labute approximate surface area is 127 Å². The number of hydrogen-bond acceptors (Lipinski definition) is 3. The van der Waals surface area contributed by atoms with Gasteiger partial charge in [0.1, 0.15) is 0 Å². The smallest absolute Gasteiger partial charge is 0.372 e. The van der Waals surface area contributed by atoms with Crippen LogP contribution >= 0.6 is 11.6 Å². The van der Waals surface area contributed by atoms with Crippen molar-refractivity contribution in [2.24, 2.45) is 0 Å². The second-order valence-electron chi connectivity index (χ2n) is 4.52. The number of benzene rings is 2. The number of nitro groups is 1. The Balaban J connectivity index is 2.59. The number of alkyl halides is 3. The zero-order valence-corrected chi connectivity index (χ0v) is 11.6. The second kappa shape index (κ2) is 5.58. The van der Waals surface area contributed by atoms with Gasteiger partial charge in [0.2, 0.25) is 5.60 Å². The van der Waals surface area contributed by atoms with Gasteiger partial charge in [-0.3, -0.25) is 10.1 Å². The molecular formula is C14H9ClF3NO3. The van der Waals surface area contributed by atoms with Crippen molar-refractivity contribution >= 4 is 17.3 Å². The van der Waals surface area contributed by atoms with Gasteiger partial charge < -0.3 is 5.11 Å². The molecule has 0 aliphatic carbocycles. The lowest BCUT2D eigenvalue weighted by atomic mass is 9.85. The van der Waals surface area contributed by atoms with Gasteiger partial charge >= 0.3 is 6.18 Å². The van der Waals surface area contributed by atoms with Crippen LogP contribution in [0.5, 0.6) is 0 Å². The fraction of sp³-hybridized carbons (Fsp3) is 0.143. The maximum Gasteiger partial charge on any atom is 0.425 e. The summed E-state index contributed by atoms with van der Waals surface area (Å²) in [6.07, 6.45) is -5.02. The molecule has 0 radical (unpaired) electrons. The SMILES string of the molecule is O=[N+]([O-])c1ccc(C(O)(c2ccc(Cl)cc2)C(F)(F)F)cc1. The summed E-state index contributed by atoms with van der Waals surface area (Å²) < 4.78 is 40.3. The van der Waals surface area contributed by atoms with E-state index in [0.29, 0.717) is 0 Å². The molecule has 1 unspecified atom stereocenters. The molecule has 22 heavy (non-hydrogen) atoms. The first-order valence-electron chi connectivity index (χ1n) is 5.96. The number of non-ortho nitro benzene ring substituents is 1. The molecule has 0 saturated carbocycles. The van der Waals surface area contributed by atoms with E-state index in [1.54, 1.807) is 0 Å². The van der Waals surface area contributed by atoms with Gasteiger partial charge in [-0.1, -0.05) is 23.7 Å². The molecule has 8 heteroatoms. The van der Waals surface area contributed by atoms with Crippen molar-refractivity contribution < 1.29 is 23.2 Å². The van der Waals surface area contributed by atoms with Crippen molar-refractivity contribution in [1.29, 1.82) is 0 Å². The van der Waals surface area contributed by atoms with Crippen LogP contribution in [-0.4, -0.2) is 16.2 Å². The molecular weight excluding hydrogens is 323 g/mol. The lowest BCUT2D eigenvalue weighted by Crippen LogP contribution is -2.43. The molecule has 1 N–H and O–H groups in total. The fourth-order valence-electron chi connectivity index (χ4n) is 2.01. The van der Waals surface area contributed by atoms with Gasteiger partial charge in [0.05, 0.1) is 4.92 Å². The molecule has 0 saturated heterocycles. The quantitative estimate of drug-likeness (QED) is 0.681.